The molecule has 27 heavy (non-hydrogen) atoms. The Morgan fingerprint density at radius 2 is 1.93 bits per heavy atom. The smallest absolute Gasteiger partial charge is 0.410 e. The molecule has 4 rings (SSSR count). The summed E-state index contributed by atoms with van der Waals surface area (Å²) in [6.45, 7) is 1.65. The lowest BCUT2D eigenvalue weighted by Gasteiger charge is -2.42. The molecule has 1 aromatic carbocycles. The monoisotopic (exact) mass is 371 g/mol. The maximum atomic E-state index is 12.4. The number of ether oxygens (including phenoxy) is 1. The number of hydrogen-bond acceptors (Lipinski definition) is 4. The Balaban J connectivity index is 1.34. The van der Waals surface area contributed by atoms with Gasteiger partial charge in [-0.2, -0.15) is 0 Å². The SMILES string of the molecule is CN1C(=O)CCC12CC(N)C1(CCN(C(=O)OCc3ccccc3)CC1)C2. The molecule has 1 aromatic rings. The summed E-state index contributed by atoms with van der Waals surface area (Å²) < 4.78 is 5.47. The molecule has 6 heteroatoms. The molecule has 2 atom stereocenters. The van der Waals surface area contributed by atoms with E-state index in [0.717, 1.165) is 37.7 Å². The van der Waals surface area contributed by atoms with Crippen LogP contribution in [0.2, 0.25) is 0 Å². The second-order valence-electron chi connectivity index (χ2n) is 8.55. The van der Waals surface area contributed by atoms with Crippen molar-refractivity contribution in [2.24, 2.45) is 11.1 Å². The Labute approximate surface area is 160 Å². The van der Waals surface area contributed by atoms with Gasteiger partial charge in [0, 0.05) is 38.1 Å². The van der Waals surface area contributed by atoms with Crippen molar-refractivity contribution in [3.63, 3.8) is 0 Å². The Morgan fingerprint density at radius 1 is 1.22 bits per heavy atom. The van der Waals surface area contributed by atoms with E-state index in [4.69, 9.17) is 10.5 Å². The molecule has 2 amide bonds. The molecule has 1 aliphatic carbocycles. The van der Waals surface area contributed by atoms with Gasteiger partial charge in [-0.05, 0) is 43.1 Å². The van der Waals surface area contributed by atoms with Crippen LogP contribution in [0.25, 0.3) is 0 Å². The van der Waals surface area contributed by atoms with Gasteiger partial charge in [-0.25, -0.2) is 4.79 Å². The fourth-order valence-electron chi connectivity index (χ4n) is 5.36. The second-order valence-corrected chi connectivity index (χ2v) is 8.55. The first-order valence-corrected chi connectivity index (χ1v) is 9.92. The molecule has 2 spiro atoms. The number of carbonyl (C=O) groups is 2. The zero-order valence-electron chi connectivity index (χ0n) is 16.0. The van der Waals surface area contributed by atoms with Crippen LogP contribution in [0.15, 0.2) is 30.3 Å². The van der Waals surface area contributed by atoms with E-state index in [0.29, 0.717) is 26.1 Å². The lowest BCUT2D eigenvalue weighted by Crippen LogP contribution is -2.48. The van der Waals surface area contributed by atoms with Gasteiger partial charge in [-0.1, -0.05) is 30.3 Å². The molecule has 2 saturated heterocycles. The van der Waals surface area contributed by atoms with Crippen LogP contribution in [0, 0.1) is 5.41 Å². The number of likely N-dealkylation sites (tertiary alicyclic amines) is 2. The van der Waals surface area contributed by atoms with Gasteiger partial charge in [0.05, 0.1) is 0 Å². The molecule has 6 nitrogen and oxygen atoms in total. The molecule has 2 unspecified atom stereocenters. The second kappa shape index (κ2) is 6.82. The summed E-state index contributed by atoms with van der Waals surface area (Å²) in [7, 11) is 1.93. The largest absolute Gasteiger partial charge is 0.445 e. The van der Waals surface area contributed by atoms with E-state index < -0.39 is 0 Å². The van der Waals surface area contributed by atoms with Crippen molar-refractivity contribution in [3.05, 3.63) is 35.9 Å². The highest BCUT2D eigenvalue weighted by molar-refractivity contribution is 5.79. The molecule has 2 N–H and O–H groups in total. The van der Waals surface area contributed by atoms with Crippen molar-refractivity contribution in [1.82, 2.24) is 9.80 Å². The zero-order valence-corrected chi connectivity index (χ0v) is 16.0. The number of amides is 2. The highest BCUT2D eigenvalue weighted by Gasteiger charge is 2.58. The van der Waals surface area contributed by atoms with Crippen LogP contribution in [0.1, 0.15) is 44.1 Å². The van der Waals surface area contributed by atoms with Crippen molar-refractivity contribution >= 4 is 12.0 Å². The number of nitrogens with zero attached hydrogens (tertiary/aromatic N) is 2. The van der Waals surface area contributed by atoms with Crippen molar-refractivity contribution in [2.75, 3.05) is 20.1 Å². The Morgan fingerprint density at radius 3 is 2.56 bits per heavy atom. The van der Waals surface area contributed by atoms with E-state index in [1.807, 2.05) is 42.3 Å². The fraction of sp³-hybridized carbons (Fsp3) is 0.619. The minimum Gasteiger partial charge on any atom is -0.445 e. The molecule has 0 aromatic heterocycles. The lowest BCUT2D eigenvalue weighted by atomic mass is 9.73. The average Bonchev–Trinajstić information content (AvgIpc) is 3.11. The van der Waals surface area contributed by atoms with Gasteiger partial charge in [0.25, 0.3) is 0 Å². The quantitative estimate of drug-likeness (QED) is 0.867. The number of hydrogen-bond donors (Lipinski definition) is 1. The number of carbonyl (C=O) groups excluding carboxylic acids is 2. The van der Waals surface area contributed by atoms with Crippen LogP contribution in [0.5, 0.6) is 0 Å². The van der Waals surface area contributed by atoms with Crippen molar-refractivity contribution in [2.45, 2.75) is 56.7 Å². The van der Waals surface area contributed by atoms with Crippen LogP contribution in [-0.2, 0) is 16.1 Å². The number of nitrogens with two attached hydrogens (primary N) is 1. The van der Waals surface area contributed by atoms with Crippen LogP contribution >= 0.6 is 0 Å². The van der Waals surface area contributed by atoms with E-state index in [9.17, 15) is 9.59 Å². The van der Waals surface area contributed by atoms with Crippen molar-refractivity contribution < 1.29 is 14.3 Å². The lowest BCUT2D eigenvalue weighted by molar-refractivity contribution is -0.129. The molecule has 0 radical (unpaired) electrons. The maximum Gasteiger partial charge on any atom is 0.410 e. The topological polar surface area (TPSA) is 75.9 Å². The summed E-state index contributed by atoms with van der Waals surface area (Å²) in [6.07, 6.45) is 4.93. The van der Waals surface area contributed by atoms with Crippen LogP contribution in [-0.4, -0.2) is 53.5 Å². The Hall–Kier alpha value is -2.08. The van der Waals surface area contributed by atoms with Gasteiger partial charge in [-0.15, -0.1) is 0 Å². The van der Waals surface area contributed by atoms with Gasteiger partial charge in [0.15, 0.2) is 0 Å². The van der Waals surface area contributed by atoms with E-state index >= 15 is 0 Å². The third kappa shape index (κ3) is 3.20. The number of piperidine rings is 1. The highest BCUT2D eigenvalue weighted by atomic mass is 16.6. The van der Waals surface area contributed by atoms with Gasteiger partial charge >= 0.3 is 6.09 Å². The minimum absolute atomic E-state index is 0.0368. The molecular weight excluding hydrogens is 342 g/mol. The van der Waals surface area contributed by atoms with Gasteiger partial charge in [0.1, 0.15) is 6.61 Å². The number of rotatable bonds is 2. The number of benzene rings is 1. The van der Waals surface area contributed by atoms with Crippen LogP contribution < -0.4 is 5.73 Å². The third-order valence-corrected chi connectivity index (χ3v) is 7.18. The van der Waals surface area contributed by atoms with Gasteiger partial charge in [0.2, 0.25) is 5.91 Å². The summed E-state index contributed by atoms with van der Waals surface area (Å²) in [6, 6.07) is 9.83. The Bertz CT molecular complexity index is 715. The molecule has 146 valence electrons. The maximum absolute atomic E-state index is 12.4. The van der Waals surface area contributed by atoms with E-state index in [-0.39, 0.29) is 29.0 Å². The standard InChI is InChI=1S/C21H29N3O3/c1-23-18(25)7-8-21(23)13-17(22)20(15-21)9-11-24(12-10-20)19(26)27-14-16-5-3-2-4-6-16/h2-6,17H,7-15,22H2,1H3. The first kappa shape index (κ1) is 18.3. The normalized spacial score (nSPS) is 29.7. The first-order chi connectivity index (χ1) is 12.9. The molecule has 0 bridgehead atoms. The molecule has 2 heterocycles. The average molecular weight is 371 g/mol. The molecular formula is C21H29N3O3. The van der Waals surface area contributed by atoms with E-state index in [1.54, 1.807) is 4.90 Å². The van der Waals surface area contributed by atoms with Crippen molar-refractivity contribution in [1.29, 1.82) is 0 Å². The summed E-state index contributed by atoms with van der Waals surface area (Å²) in [5.74, 6) is 0.237. The molecule has 3 fully saturated rings. The van der Waals surface area contributed by atoms with Crippen LogP contribution in [0.4, 0.5) is 4.79 Å². The van der Waals surface area contributed by atoms with E-state index in [1.165, 1.54) is 0 Å². The third-order valence-electron chi connectivity index (χ3n) is 7.18. The van der Waals surface area contributed by atoms with Crippen LogP contribution in [0.3, 0.4) is 0 Å². The van der Waals surface area contributed by atoms with Gasteiger partial charge in [-0.3, -0.25) is 4.79 Å². The van der Waals surface area contributed by atoms with E-state index in [2.05, 4.69) is 0 Å². The molecule has 3 aliphatic rings. The first-order valence-electron chi connectivity index (χ1n) is 9.92. The highest BCUT2D eigenvalue weighted by Crippen LogP contribution is 2.55. The fourth-order valence-corrected chi connectivity index (χ4v) is 5.36. The summed E-state index contributed by atoms with van der Waals surface area (Å²) >= 11 is 0. The summed E-state index contributed by atoms with van der Waals surface area (Å²) in [5, 5.41) is 0. The predicted molar refractivity (Wildman–Crippen MR) is 102 cm³/mol. The summed E-state index contributed by atoms with van der Waals surface area (Å²) in [5.41, 5.74) is 7.56. The predicted octanol–water partition coefficient (Wildman–Crippen LogP) is 2.52. The minimum atomic E-state index is -0.247. The summed E-state index contributed by atoms with van der Waals surface area (Å²) in [4.78, 5) is 28.2. The Kier molecular flexibility index (Phi) is 4.62. The molecule has 1 saturated carbocycles. The zero-order chi connectivity index (χ0) is 19.1. The van der Waals surface area contributed by atoms with Crippen molar-refractivity contribution in [3.8, 4) is 0 Å². The molecule has 2 aliphatic heterocycles. The van der Waals surface area contributed by atoms with Gasteiger partial charge < -0.3 is 20.3 Å².